The van der Waals surface area contributed by atoms with Gasteiger partial charge in [-0.25, -0.2) is 9.97 Å². The number of benzene rings is 5. The Kier molecular flexibility index (Phi) is 5.40. The van der Waals surface area contributed by atoms with Crippen LogP contribution in [0.15, 0.2) is 127 Å². The molecule has 0 aliphatic carbocycles. The molecule has 2 heteroatoms. The third-order valence-corrected chi connectivity index (χ3v) is 6.41. The van der Waals surface area contributed by atoms with Crippen molar-refractivity contribution in [3.8, 4) is 44.8 Å². The van der Waals surface area contributed by atoms with E-state index in [2.05, 4.69) is 121 Å². The summed E-state index contributed by atoms with van der Waals surface area (Å²) in [6, 6.07) is 44.7. The first-order chi connectivity index (χ1) is 17.2. The Morgan fingerprint density at radius 3 is 1.63 bits per heavy atom. The van der Waals surface area contributed by atoms with E-state index in [9.17, 15) is 0 Å². The molecular weight excluding hydrogens is 424 g/mol. The van der Waals surface area contributed by atoms with E-state index in [1.807, 2.05) is 13.0 Å². The van der Waals surface area contributed by atoms with Gasteiger partial charge >= 0.3 is 0 Å². The average molecular weight is 449 g/mol. The number of rotatable bonds is 4. The van der Waals surface area contributed by atoms with Crippen LogP contribution in [0.5, 0.6) is 0 Å². The highest BCUT2D eigenvalue weighted by atomic mass is 14.9. The number of hydrogen-bond donors (Lipinski definition) is 0. The highest BCUT2D eigenvalue weighted by Crippen LogP contribution is 2.31. The van der Waals surface area contributed by atoms with E-state index in [-0.39, 0.29) is 0 Å². The summed E-state index contributed by atoms with van der Waals surface area (Å²) >= 11 is 0. The minimum Gasteiger partial charge on any atom is -0.233 e. The maximum absolute atomic E-state index is 4.74. The van der Waals surface area contributed by atoms with Gasteiger partial charge in [-0.3, -0.25) is 0 Å². The Morgan fingerprint density at radius 1 is 0.429 bits per heavy atom. The van der Waals surface area contributed by atoms with Gasteiger partial charge in [-0.15, -0.1) is 0 Å². The number of aromatic nitrogens is 2. The fourth-order valence-corrected chi connectivity index (χ4v) is 4.63. The van der Waals surface area contributed by atoms with Crippen molar-refractivity contribution in [2.24, 2.45) is 0 Å². The standard InChI is InChI=1S/C33H24N2/c1-23-34-32(28-18-14-25(15-19-28)24-8-3-2-4-9-24)22-33(35-23)29-20-16-27(17-21-29)31-13-7-11-26-10-5-6-12-30(26)31/h2-22H,1H3. The second kappa shape index (κ2) is 9.00. The minimum atomic E-state index is 0.766. The molecule has 0 aliphatic heterocycles. The van der Waals surface area contributed by atoms with E-state index in [0.717, 1.165) is 28.3 Å². The van der Waals surface area contributed by atoms with Crippen LogP contribution in [-0.2, 0) is 0 Å². The van der Waals surface area contributed by atoms with Crippen LogP contribution in [0, 0.1) is 6.92 Å². The van der Waals surface area contributed by atoms with Crippen molar-refractivity contribution in [1.82, 2.24) is 9.97 Å². The molecule has 0 unspecified atom stereocenters. The van der Waals surface area contributed by atoms with Gasteiger partial charge in [-0.05, 0) is 46.0 Å². The van der Waals surface area contributed by atoms with Gasteiger partial charge in [0.25, 0.3) is 0 Å². The molecule has 0 N–H and O–H groups in total. The first-order valence-electron chi connectivity index (χ1n) is 11.8. The topological polar surface area (TPSA) is 25.8 Å². The second-order valence-corrected chi connectivity index (χ2v) is 8.73. The number of fused-ring (bicyclic) bond motifs is 1. The molecule has 0 aliphatic rings. The van der Waals surface area contributed by atoms with E-state index in [4.69, 9.17) is 9.97 Å². The lowest BCUT2D eigenvalue weighted by Crippen LogP contribution is -1.95. The molecule has 0 radical (unpaired) electrons. The maximum atomic E-state index is 4.74. The van der Waals surface area contributed by atoms with Crippen LogP contribution in [0.4, 0.5) is 0 Å². The van der Waals surface area contributed by atoms with Gasteiger partial charge < -0.3 is 0 Å². The monoisotopic (exact) mass is 448 g/mol. The average Bonchev–Trinajstić information content (AvgIpc) is 2.93. The summed E-state index contributed by atoms with van der Waals surface area (Å²) in [5.74, 6) is 0.766. The maximum Gasteiger partial charge on any atom is 0.126 e. The number of hydrogen-bond acceptors (Lipinski definition) is 2. The summed E-state index contributed by atoms with van der Waals surface area (Å²) in [6.07, 6.45) is 0. The SMILES string of the molecule is Cc1nc(-c2ccc(-c3ccccc3)cc2)cc(-c2ccc(-c3cccc4ccccc34)cc2)n1. The van der Waals surface area contributed by atoms with E-state index in [0.29, 0.717) is 0 Å². The van der Waals surface area contributed by atoms with E-state index >= 15 is 0 Å². The molecule has 0 fully saturated rings. The van der Waals surface area contributed by atoms with Gasteiger partial charge in [0.1, 0.15) is 5.82 Å². The van der Waals surface area contributed by atoms with Crippen LogP contribution in [-0.4, -0.2) is 9.97 Å². The van der Waals surface area contributed by atoms with Crippen LogP contribution < -0.4 is 0 Å². The van der Waals surface area contributed by atoms with Gasteiger partial charge in [0.2, 0.25) is 0 Å². The zero-order valence-corrected chi connectivity index (χ0v) is 19.5. The summed E-state index contributed by atoms with van der Waals surface area (Å²) < 4.78 is 0. The van der Waals surface area contributed by atoms with Gasteiger partial charge in [0, 0.05) is 11.1 Å². The Bertz CT molecular complexity index is 1610. The lowest BCUT2D eigenvalue weighted by molar-refractivity contribution is 1.06. The molecule has 0 atom stereocenters. The molecule has 0 spiro atoms. The lowest BCUT2D eigenvalue weighted by atomic mass is 9.97. The fraction of sp³-hybridized carbons (Fsp3) is 0.0303. The van der Waals surface area contributed by atoms with Crippen molar-refractivity contribution in [2.45, 2.75) is 6.92 Å². The molecule has 0 amide bonds. The Hall–Kier alpha value is -4.56. The van der Waals surface area contributed by atoms with Gasteiger partial charge in [-0.1, -0.05) is 121 Å². The van der Waals surface area contributed by atoms with Gasteiger partial charge in [0.15, 0.2) is 0 Å². The Labute approximate surface area is 205 Å². The van der Waals surface area contributed by atoms with Crippen LogP contribution >= 0.6 is 0 Å². The summed E-state index contributed by atoms with van der Waals surface area (Å²) in [6.45, 7) is 1.95. The first kappa shape index (κ1) is 21.0. The van der Waals surface area contributed by atoms with E-state index < -0.39 is 0 Å². The second-order valence-electron chi connectivity index (χ2n) is 8.73. The van der Waals surface area contributed by atoms with Crippen molar-refractivity contribution in [2.75, 3.05) is 0 Å². The van der Waals surface area contributed by atoms with Crippen molar-refractivity contribution in [1.29, 1.82) is 0 Å². The summed E-state index contributed by atoms with van der Waals surface area (Å²) in [4.78, 5) is 9.46. The van der Waals surface area contributed by atoms with E-state index in [1.54, 1.807) is 0 Å². The lowest BCUT2D eigenvalue weighted by Gasteiger charge is -2.10. The Balaban J connectivity index is 1.33. The zero-order valence-electron chi connectivity index (χ0n) is 19.5. The normalized spacial score (nSPS) is 11.0. The summed E-state index contributed by atoms with van der Waals surface area (Å²) in [5.41, 5.74) is 8.90. The molecule has 2 nitrogen and oxygen atoms in total. The van der Waals surface area contributed by atoms with Crippen molar-refractivity contribution in [3.05, 3.63) is 133 Å². The molecule has 1 heterocycles. The molecule has 166 valence electrons. The third-order valence-electron chi connectivity index (χ3n) is 6.41. The summed E-state index contributed by atoms with van der Waals surface area (Å²) in [5, 5.41) is 2.52. The molecular formula is C33H24N2. The first-order valence-corrected chi connectivity index (χ1v) is 11.8. The summed E-state index contributed by atoms with van der Waals surface area (Å²) in [7, 11) is 0. The van der Waals surface area contributed by atoms with Crippen LogP contribution in [0.3, 0.4) is 0 Å². The molecule has 1 aromatic heterocycles. The molecule has 35 heavy (non-hydrogen) atoms. The largest absolute Gasteiger partial charge is 0.233 e. The fourth-order valence-electron chi connectivity index (χ4n) is 4.63. The molecule has 5 aromatic carbocycles. The minimum absolute atomic E-state index is 0.766. The molecule has 0 saturated carbocycles. The van der Waals surface area contributed by atoms with Crippen molar-refractivity contribution in [3.63, 3.8) is 0 Å². The Morgan fingerprint density at radius 2 is 0.943 bits per heavy atom. The molecule has 0 bridgehead atoms. The highest BCUT2D eigenvalue weighted by Gasteiger charge is 2.09. The molecule has 6 aromatic rings. The predicted molar refractivity (Wildman–Crippen MR) is 146 cm³/mol. The quantitative estimate of drug-likeness (QED) is 0.270. The number of nitrogens with zero attached hydrogens (tertiary/aromatic N) is 2. The molecule has 6 rings (SSSR count). The highest BCUT2D eigenvalue weighted by molar-refractivity contribution is 5.96. The van der Waals surface area contributed by atoms with Crippen molar-refractivity contribution < 1.29 is 0 Å². The van der Waals surface area contributed by atoms with Gasteiger partial charge in [0.05, 0.1) is 11.4 Å². The third kappa shape index (κ3) is 4.22. The van der Waals surface area contributed by atoms with Crippen molar-refractivity contribution >= 4 is 10.8 Å². The van der Waals surface area contributed by atoms with E-state index in [1.165, 1.54) is 33.0 Å². The van der Waals surface area contributed by atoms with Crippen LogP contribution in [0.25, 0.3) is 55.5 Å². The predicted octanol–water partition coefficient (Wildman–Crippen LogP) is 8.61. The number of aryl methyl sites for hydroxylation is 1. The molecule has 0 saturated heterocycles. The van der Waals surface area contributed by atoms with Crippen LogP contribution in [0.2, 0.25) is 0 Å². The van der Waals surface area contributed by atoms with Gasteiger partial charge in [-0.2, -0.15) is 0 Å². The smallest absolute Gasteiger partial charge is 0.126 e. The van der Waals surface area contributed by atoms with Crippen LogP contribution in [0.1, 0.15) is 5.82 Å². The zero-order chi connectivity index (χ0) is 23.6.